The summed E-state index contributed by atoms with van der Waals surface area (Å²) in [5.74, 6) is 1.25. The van der Waals surface area contributed by atoms with Crippen LogP contribution in [0.15, 0.2) is 58.1 Å². The summed E-state index contributed by atoms with van der Waals surface area (Å²) in [7, 11) is 0. The Hall–Kier alpha value is -2.07. The molecule has 1 aromatic carbocycles. The molecule has 1 aromatic heterocycles. The molecule has 1 atom stereocenters. The maximum Gasteiger partial charge on any atom is 0.289 e. The zero-order valence-electron chi connectivity index (χ0n) is 18.3. The fraction of sp³-hybridized carbons (Fsp3) is 0.478. The average molecular weight is 540 g/mol. The molecule has 0 spiro atoms. The summed E-state index contributed by atoms with van der Waals surface area (Å²) in [5, 5.41) is 3.36. The molecule has 0 radical (unpaired) electrons. The van der Waals surface area contributed by atoms with E-state index < -0.39 is 0 Å². The zero-order valence-corrected chi connectivity index (χ0v) is 20.7. The van der Waals surface area contributed by atoms with Crippen molar-refractivity contribution in [1.29, 1.82) is 0 Å². The van der Waals surface area contributed by atoms with E-state index in [1.807, 2.05) is 23.1 Å². The Morgan fingerprint density at radius 1 is 1.13 bits per heavy atom. The highest BCUT2D eigenvalue weighted by Gasteiger charge is 2.25. The minimum absolute atomic E-state index is 0. The molecule has 0 saturated carbocycles. The van der Waals surface area contributed by atoms with Crippen LogP contribution in [-0.4, -0.2) is 67.5 Å². The van der Waals surface area contributed by atoms with Crippen LogP contribution in [0.1, 0.15) is 42.5 Å². The van der Waals surface area contributed by atoms with Gasteiger partial charge in [0.25, 0.3) is 5.91 Å². The van der Waals surface area contributed by atoms with E-state index in [1.165, 1.54) is 11.8 Å². The minimum atomic E-state index is -0.0497. The topological polar surface area (TPSA) is 70.3 Å². The maximum absolute atomic E-state index is 12.4. The lowest BCUT2D eigenvalue weighted by Gasteiger charge is -2.36. The summed E-state index contributed by atoms with van der Waals surface area (Å²) >= 11 is 0. The first-order chi connectivity index (χ1) is 14.7. The molecular weight excluding hydrogens is 507 g/mol. The zero-order chi connectivity index (χ0) is 21.2. The van der Waals surface area contributed by atoms with Crippen molar-refractivity contribution in [1.82, 2.24) is 15.1 Å². The van der Waals surface area contributed by atoms with Gasteiger partial charge in [-0.1, -0.05) is 30.3 Å². The molecule has 1 aliphatic heterocycles. The van der Waals surface area contributed by atoms with Crippen LogP contribution in [0.5, 0.6) is 0 Å². The van der Waals surface area contributed by atoms with E-state index in [4.69, 9.17) is 14.1 Å². The number of rotatable bonds is 8. The Labute approximate surface area is 201 Å². The van der Waals surface area contributed by atoms with Crippen LogP contribution >= 0.6 is 24.0 Å². The van der Waals surface area contributed by atoms with Crippen molar-refractivity contribution < 1.29 is 13.9 Å². The van der Waals surface area contributed by atoms with Gasteiger partial charge in [0.15, 0.2) is 11.7 Å². The van der Waals surface area contributed by atoms with Crippen LogP contribution in [0.3, 0.4) is 0 Å². The van der Waals surface area contributed by atoms with Crippen molar-refractivity contribution in [3.63, 3.8) is 0 Å². The van der Waals surface area contributed by atoms with E-state index in [2.05, 4.69) is 36.2 Å². The highest BCUT2D eigenvalue weighted by Crippen LogP contribution is 2.16. The van der Waals surface area contributed by atoms with Gasteiger partial charge in [0, 0.05) is 45.9 Å². The number of nitrogens with one attached hydrogen (secondary N) is 1. The summed E-state index contributed by atoms with van der Waals surface area (Å²) < 4.78 is 11.2. The monoisotopic (exact) mass is 540 g/mol. The van der Waals surface area contributed by atoms with Crippen LogP contribution in [0.2, 0.25) is 0 Å². The SMILES string of the molecule is CCNC(=NCCCOC(C)c1ccccc1)N1CCN(C(=O)c2ccco2)CC1.I. The van der Waals surface area contributed by atoms with Crippen molar-refractivity contribution in [2.75, 3.05) is 45.9 Å². The van der Waals surface area contributed by atoms with Gasteiger partial charge in [0.2, 0.25) is 0 Å². The third-order valence-corrected chi connectivity index (χ3v) is 5.13. The maximum atomic E-state index is 12.4. The van der Waals surface area contributed by atoms with E-state index in [0.29, 0.717) is 32.0 Å². The molecular formula is C23H33IN4O3. The Balaban J connectivity index is 0.00000341. The van der Waals surface area contributed by atoms with Gasteiger partial charge in [-0.05, 0) is 38.0 Å². The number of halogens is 1. The molecule has 0 aliphatic carbocycles. The van der Waals surface area contributed by atoms with Crippen molar-refractivity contribution in [2.24, 2.45) is 4.99 Å². The quantitative estimate of drug-likeness (QED) is 0.239. The summed E-state index contributed by atoms with van der Waals surface area (Å²) in [4.78, 5) is 21.2. The number of guanidine groups is 1. The molecule has 1 saturated heterocycles. The third kappa shape index (κ3) is 7.53. The first kappa shape index (κ1) is 25.2. The molecule has 1 fully saturated rings. The number of nitrogens with zero attached hydrogens (tertiary/aromatic N) is 3. The molecule has 1 aliphatic rings. The normalized spacial score (nSPS) is 15.4. The number of amides is 1. The number of aliphatic imine (C=N–C) groups is 1. The van der Waals surface area contributed by atoms with Crippen LogP contribution < -0.4 is 5.32 Å². The standard InChI is InChI=1S/C23H32N4O3.HI/c1-3-24-23(25-12-8-18-29-19(2)20-9-5-4-6-10-20)27-15-13-26(14-16-27)22(28)21-11-7-17-30-21;/h4-7,9-11,17,19H,3,8,12-16,18H2,1-2H3,(H,24,25);1H. The lowest BCUT2D eigenvalue weighted by molar-refractivity contribution is 0.0644. The first-order valence-corrected chi connectivity index (χ1v) is 10.7. The van der Waals surface area contributed by atoms with Crippen LogP contribution in [0, 0.1) is 0 Å². The van der Waals surface area contributed by atoms with E-state index in [9.17, 15) is 4.79 Å². The summed E-state index contributed by atoms with van der Waals surface area (Å²) in [5.41, 5.74) is 1.19. The predicted octanol–water partition coefficient (Wildman–Crippen LogP) is 3.79. The Morgan fingerprint density at radius 2 is 1.84 bits per heavy atom. The van der Waals surface area contributed by atoms with Crippen LogP contribution in [-0.2, 0) is 4.74 Å². The van der Waals surface area contributed by atoms with Gasteiger partial charge in [-0.15, -0.1) is 24.0 Å². The molecule has 2 aromatic rings. The molecule has 3 rings (SSSR count). The molecule has 8 heteroatoms. The second kappa shape index (κ2) is 13.4. The second-order valence-corrected chi connectivity index (χ2v) is 7.27. The van der Waals surface area contributed by atoms with Crippen molar-refractivity contribution in [3.8, 4) is 0 Å². The van der Waals surface area contributed by atoms with Gasteiger partial charge in [0.1, 0.15) is 0 Å². The van der Waals surface area contributed by atoms with Gasteiger partial charge in [-0.25, -0.2) is 0 Å². The first-order valence-electron chi connectivity index (χ1n) is 10.7. The predicted molar refractivity (Wildman–Crippen MR) is 133 cm³/mol. The Kier molecular flexibility index (Phi) is 10.9. The molecule has 170 valence electrons. The Bertz CT molecular complexity index is 790. The van der Waals surface area contributed by atoms with Crippen molar-refractivity contribution in [3.05, 3.63) is 60.1 Å². The molecule has 7 nitrogen and oxygen atoms in total. The number of hydrogen-bond donors (Lipinski definition) is 1. The molecule has 1 unspecified atom stereocenters. The summed E-state index contributed by atoms with van der Waals surface area (Å²) in [6, 6.07) is 13.7. The molecule has 1 amide bonds. The van der Waals surface area contributed by atoms with E-state index in [0.717, 1.165) is 32.0 Å². The largest absolute Gasteiger partial charge is 0.459 e. The molecule has 0 bridgehead atoms. The molecule has 1 N–H and O–H groups in total. The van der Waals surface area contributed by atoms with Gasteiger partial charge >= 0.3 is 0 Å². The number of piperazine rings is 1. The molecule has 31 heavy (non-hydrogen) atoms. The number of carbonyl (C=O) groups is 1. The number of furan rings is 1. The van der Waals surface area contributed by atoms with E-state index in [1.54, 1.807) is 12.1 Å². The second-order valence-electron chi connectivity index (χ2n) is 7.27. The summed E-state index contributed by atoms with van der Waals surface area (Å²) in [6.07, 6.45) is 2.48. The lowest BCUT2D eigenvalue weighted by Crippen LogP contribution is -2.53. The average Bonchev–Trinajstić information content (AvgIpc) is 3.33. The smallest absolute Gasteiger partial charge is 0.289 e. The van der Waals surface area contributed by atoms with Gasteiger partial charge in [-0.2, -0.15) is 0 Å². The summed E-state index contributed by atoms with van der Waals surface area (Å²) in [6.45, 7) is 9.14. The van der Waals surface area contributed by atoms with Crippen molar-refractivity contribution in [2.45, 2.75) is 26.4 Å². The third-order valence-electron chi connectivity index (χ3n) is 5.13. The fourth-order valence-corrected chi connectivity index (χ4v) is 3.43. The van der Waals surface area contributed by atoms with Gasteiger partial charge in [0.05, 0.1) is 12.4 Å². The fourth-order valence-electron chi connectivity index (χ4n) is 3.43. The lowest BCUT2D eigenvalue weighted by atomic mass is 10.1. The van der Waals surface area contributed by atoms with Crippen molar-refractivity contribution >= 4 is 35.8 Å². The molecule has 2 heterocycles. The highest BCUT2D eigenvalue weighted by molar-refractivity contribution is 14.0. The minimum Gasteiger partial charge on any atom is -0.459 e. The highest BCUT2D eigenvalue weighted by atomic mass is 127. The number of carbonyl (C=O) groups excluding carboxylic acids is 1. The van der Waals surface area contributed by atoms with Crippen LogP contribution in [0.4, 0.5) is 0 Å². The van der Waals surface area contributed by atoms with Gasteiger partial charge < -0.3 is 24.3 Å². The number of benzene rings is 1. The Morgan fingerprint density at radius 3 is 2.48 bits per heavy atom. The number of ether oxygens (including phenoxy) is 1. The van der Waals surface area contributed by atoms with Crippen LogP contribution in [0.25, 0.3) is 0 Å². The van der Waals surface area contributed by atoms with Gasteiger partial charge in [-0.3, -0.25) is 9.79 Å². The number of hydrogen-bond acceptors (Lipinski definition) is 4. The van der Waals surface area contributed by atoms with E-state index >= 15 is 0 Å². The van der Waals surface area contributed by atoms with E-state index in [-0.39, 0.29) is 36.0 Å².